The highest BCUT2D eigenvalue weighted by molar-refractivity contribution is 6.30. The van der Waals surface area contributed by atoms with Gasteiger partial charge in [0.2, 0.25) is 5.91 Å². The molecule has 0 aliphatic carbocycles. The number of alkyl halides is 1. The largest absolute Gasteiger partial charge is 0.351 e. The topological polar surface area (TPSA) is 29.1 Å². The summed E-state index contributed by atoms with van der Waals surface area (Å²) >= 11 is 5.62. The number of hydrogen-bond acceptors (Lipinski definition) is 1. The normalized spacial score (nSPS) is 12.2. The Morgan fingerprint density at radius 1 is 1.50 bits per heavy atom. The number of carbonyl (C=O) groups is 1. The minimum atomic E-state index is -0.473. The summed E-state index contributed by atoms with van der Waals surface area (Å²) in [6, 6.07) is 7.95. The highest BCUT2D eigenvalue weighted by atomic mass is 35.5. The van der Waals surface area contributed by atoms with Crippen LogP contribution in [0.25, 0.3) is 0 Å². The number of hydrogen-bond donors (Lipinski definition) is 1. The van der Waals surface area contributed by atoms with Crippen LogP contribution in [0, 0.1) is 6.92 Å². The molecule has 1 amide bonds. The fourth-order valence-corrected chi connectivity index (χ4v) is 1.21. The average Bonchev–Trinajstić information content (AvgIpc) is 2.16. The van der Waals surface area contributed by atoms with Gasteiger partial charge in [0.15, 0.2) is 0 Å². The molecular formula is C11H14ClNO. The standard InChI is InChI=1S/C11H14ClNO/c1-8-5-3-4-6-10(8)7-13-11(14)9(2)12/h3-6,9H,7H2,1-2H3,(H,13,14)/t9-/m1/s1. The number of rotatable bonds is 3. The van der Waals surface area contributed by atoms with E-state index >= 15 is 0 Å². The van der Waals surface area contributed by atoms with E-state index in [1.54, 1.807) is 6.92 Å². The van der Waals surface area contributed by atoms with Crippen LogP contribution >= 0.6 is 11.6 Å². The molecule has 0 saturated carbocycles. The third-order valence-corrected chi connectivity index (χ3v) is 2.27. The molecule has 0 fully saturated rings. The van der Waals surface area contributed by atoms with Gasteiger partial charge >= 0.3 is 0 Å². The Balaban J connectivity index is 2.54. The minimum absolute atomic E-state index is 0.130. The first-order chi connectivity index (χ1) is 6.61. The maximum atomic E-state index is 11.2. The molecule has 0 heterocycles. The van der Waals surface area contributed by atoms with Crippen LogP contribution in [0.5, 0.6) is 0 Å². The molecule has 76 valence electrons. The fourth-order valence-electron chi connectivity index (χ4n) is 1.13. The predicted molar refractivity (Wildman–Crippen MR) is 58.3 cm³/mol. The fraction of sp³-hybridized carbons (Fsp3) is 0.364. The molecule has 3 heteroatoms. The number of aryl methyl sites for hydroxylation is 1. The van der Waals surface area contributed by atoms with Crippen molar-refractivity contribution in [3.8, 4) is 0 Å². The zero-order chi connectivity index (χ0) is 10.6. The SMILES string of the molecule is Cc1ccccc1CNC(=O)[C@@H](C)Cl. The Morgan fingerprint density at radius 3 is 2.71 bits per heavy atom. The lowest BCUT2D eigenvalue weighted by molar-refractivity contribution is -0.120. The van der Waals surface area contributed by atoms with E-state index in [2.05, 4.69) is 5.32 Å². The first-order valence-corrected chi connectivity index (χ1v) is 5.01. The first kappa shape index (κ1) is 11.1. The van der Waals surface area contributed by atoms with Crippen LogP contribution < -0.4 is 5.32 Å². The Labute approximate surface area is 89.3 Å². The molecule has 0 spiro atoms. The van der Waals surface area contributed by atoms with Crippen LogP contribution in [0.2, 0.25) is 0 Å². The predicted octanol–water partition coefficient (Wildman–Crippen LogP) is 2.24. The van der Waals surface area contributed by atoms with E-state index < -0.39 is 5.38 Å². The van der Waals surface area contributed by atoms with Gasteiger partial charge in [-0.3, -0.25) is 4.79 Å². The Kier molecular flexibility index (Phi) is 3.96. The van der Waals surface area contributed by atoms with Gasteiger partial charge in [-0.1, -0.05) is 24.3 Å². The molecule has 0 radical (unpaired) electrons. The van der Waals surface area contributed by atoms with Gasteiger partial charge < -0.3 is 5.32 Å². The van der Waals surface area contributed by atoms with Crippen molar-refractivity contribution in [3.05, 3.63) is 35.4 Å². The zero-order valence-corrected chi connectivity index (χ0v) is 9.14. The summed E-state index contributed by atoms with van der Waals surface area (Å²) in [5, 5.41) is 2.30. The van der Waals surface area contributed by atoms with Crippen molar-refractivity contribution in [2.45, 2.75) is 25.8 Å². The Hall–Kier alpha value is -1.02. The lowest BCUT2D eigenvalue weighted by atomic mass is 10.1. The summed E-state index contributed by atoms with van der Waals surface area (Å²) in [5.41, 5.74) is 2.30. The number of amides is 1. The van der Waals surface area contributed by atoms with E-state index in [0.717, 1.165) is 5.56 Å². The second-order valence-electron chi connectivity index (χ2n) is 3.26. The van der Waals surface area contributed by atoms with Gasteiger partial charge in [0.05, 0.1) is 0 Å². The first-order valence-electron chi connectivity index (χ1n) is 4.57. The second kappa shape index (κ2) is 5.01. The van der Waals surface area contributed by atoms with Crippen LogP contribution in [-0.4, -0.2) is 11.3 Å². The van der Waals surface area contributed by atoms with Crippen molar-refractivity contribution >= 4 is 17.5 Å². The van der Waals surface area contributed by atoms with Gasteiger partial charge in [0, 0.05) is 6.54 Å². The molecule has 1 aromatic rings. The molecule has 14 heavy (non-hydrogen) atoms. The van der Waals surface area contributed by atoms with Gasteiger partial charge in [0.1, 0.15) is 5.38 Å². The number of halogens is 1. The van der Waals surface area contributed by atoms with Gasteiger partial charge in [0.25, 0.3) is 0 Å². The van der Waals surface area contributed by atoms with Gasteiger partial charge in [-0.25, -0.2) is 0 Å². The van der Waals surface area contributed by atoms with Crippen LogP contribution in [-0.2, 0) is 11.3 Å². The molecule has 1 aromatic carbocycles. The molecule has 1 rings (SSSR count). The Morgan fingerprint density at radius 2 is 2.14 bits per heavy atom. The maximum absolute atomic E-state index is 11.2. The number of benzene rings is 1. The quantitative estimate of drug-likeness (QED) is 0.764. The van der Waals surface area contributed by atoms with Gasteiger partial charge in [-0.2, -0.15) is 0 Å². The Bertz CT molecular complexity index is 323. The summed E-state index contributed by atoms with van der Waals surface area (Å²) in [7, 11) is 0. The van der Waals surface area contributed by atoms with Crippen molar-refractivity contribution in [1.82, 2.24) is 5.32 Å². The summed E-state index contributed by atoms with van der Waals surface area (Å²) in [5.74, 6) is -0.130. The molecule has 0 aromatic heterocycles. The van der Waals surface area contributed by atoms with E-state index in [1.165, 1.54) is 5.56 Å². The molecule has 0 saturated heterocycles. The summed E-state index contributed by atoms with van der Waals surface area (Å²) in [6.45, 7) is 4.23. The second-order valence-corrected chi connectivity index (χ2v) is 3.91. The lowest BCUT2D eigenvalue weighted by Gasteiger charge is -2.08. The summed E-state index contributed by atoms with van der Waals surface area (Å²) < 4.78 is 0. The molecule has 1 N–H and O–H groups in total. The van der Waals surface area contributed by atoms with E-state index in [-0.39, 0.29) is 5.91 Å². The van der Waals surface area contributed by atoms with Crippen molar-refractivity contribution in [3.63, 3.8) is 0 Å². The molecule has 1 atom stereocenters. The smallest absolute Gasteiger partial charge is 0.238 e. The van der Waals surface area contributed by atoms with E-state index in [1.807, 2.05) is 31.2 Å². The molecule has 0 unspecified atom stereocenters. The number of carbonyl (C=O) groups excluding carboxylic acids is 1. The van der Waals surface area contributed by atoms with Gasteiger partial charge in [-0.05, 0) is 25.0 Å². The van der Waals surface area contributed by atoms with Crippen molar-refractivity contribution in [1.29, 1.82) is 0 Å². The number of nitrogens with one attached hydrogen (secondary N) is 1. The van der Waals surface area contributed by atoms with Crippen LogP contribution in [0.4, 0.5) is 0 Å². The summed E-state index contributed by atoms with van der Waals surface area (Å²) in [6.07, 6.45) is 0. The van der Waals surface area contributed by atoms with E-state index in [0.29, 0.717) is 6.54 Å². The molecular weight excluding hydrogens is 198 g/mol. The molecule has 0 aliphatic rings. The third-order valence-electron chi connectivity index (χ3n) is 2.08. The van der Waals surface area contributed by atoms with Crippen LogP contribution in [0.15, 0.2) is 24.3 Å². The zero-order valence-electron chi connectivity index (χ0n) is 8.38. The maximum Gasteiger partial charge on any atom is 0.238 e. The monoisotopic (exact) mass is 211 g/mol. The average molecular weight is 212 g/mol. The van der Waals surface area contributed by atoms with Gasteiger partial charge in [-0.15, -0.1) is 11.6 Å². The van der Waals surface area contributed by atoms with E-state index in [9.17, 15) is 4.79 Å². The molecule has 0 aliphatic heterocycles. The lowest BCUT2D eigenvalue weighted by Crippen LogP contribution is -2.29. The van der Waals surface area contributed by atoms with Crippen molar-refractivity contribution in [2.24, 2.45) is 0 Å². The molecule has 2 nitrogen and oxygen atoms in total. The summed E-state index contributed by atoms with van der Waals surface area (Å²) in [4.78, 5) is 11.2. The molecule has 0 bridgehead atoms. The van der Waals surface area contributed by atoms with E-state index in [4.69, 9.17) is 11.6 Å². The van der Waals surface area contributed by atoms with Crippen LogP contribution in [0.3, 0.4) is 0 Å². The highest BCUT2D eigenvalue weighted by Gasteiger charge is 2.08. The van der Waals surface area contributed by atoms with Crippen LogP contribution in [0.1, 0.15) is 18.1 Å². The highest BCUT2D eigenvalue weighted by Crippen LogP contribution is 2.06. The third kappa shape index (κ3) is 3.04. The van der Waals surface area contributed by atoms with Crippen molar-refractivity contribution in [2.75, 3.05) is 0 Å². The van der Waals surface area contributed by atoms with Crippen molar-refractivity contribution < 1.29 is 4.79 Å². The minimum Gasteiger partial charge on any atom is -0.351 e.